The van der Waals surface area contributed by atoms with Gasteiger partial charge in [0.15, 0.2) is 0 Å². The second-order valence-electron chi connectivity index (χ2n) is 7.39. The van der Waals surface area contributed by atoms with E-state index in [0.29, 0.717) is 5.92 Å². The molecule has 1 atom stereocenters. The second-order valence-corrected chi connectivity index (χ2v) is 12.1. The van der Waals surface area contributed by atoms with E-state index in [2.05, 4.69) is 118 Å². The van der Waals surface area contributed by atoms with Gasteiger partial charge in [0, 0.05) is 9.52 Å². The van der Waals surface area contributed by atoms with Gasteiger partial charge >= 0.3 is 37.9 Å². The Kier molecular flexibility index (Phi) is 12.4. The summed E-state index contributed by atoms with van der Waals surface area (Å²) in [7, 11) is 11.0. The minimum atomic E-state index is -0.826. The molecule has 0 spiro atoms. The van der Waals surface area contributed by atoms with Gasteiger partial charge in [-0.2, -0.15) is 5.56 Å². The molecule has 4 heteroatoms. The standard InChI is InChI=1S/C15H11.C11H11.C2H6Si.2ClH.Zr/c1-2-6-12(7-3-1)15-10-13-8-4-5-9-14(13)11-15;1-8-7-9(2)11-6-4-3-5-10(8)11;1-3-2;;;/h1-11H;3-6,8H,1-2H3;1-2H3;2*1H;/q2*-1;;;;+4/p-2. The van der Waals surface area contributed by atoms with E-state index in [1.165, 1.54) is 38.6 Å². The first-order chi connectivity index (χ1) is 15.5. The van der Waals surface area contributed by atoms with Crippen molar-refractivity contribution in [1.82, 2.24) is 0 Å². The Morgan fingerprint density at radius 2 is 1.44 bits per heavy atom. The molecule has 0 aromatic heterocycles. The van der Waals surface area contributed by atoms with Gasteiger partial charge in [-0.05, 0) is 0 Å². The number of rotatable bonds is 1. The molecule has 0 bridgehead atoms. The van der Waals surface area contributed by atoms with E-state index < -0.39 is 20.8 Å². The summed E-state index contributed by atoms with van der Waals surface area (Å²) in [5.41, 5.74) is 6.68. The predicted octanol–water partition coefficient (Wildman–Crippen LogP) is 9.40. The Hall–Kier alpha value is -1.31. The summed E-state index contributed by atoms with van der Waals surface area (Å²) in [5, 5.41) is 2.63. The van der Waals surface area contributed by atoms with Gasteiger partial charge in [-0.1, -0.05) is 105 Å². The van der Waals surface area contributed by atoms with Gasteiger partial charge in [0.25, 0.3) is 0 Å². The Morgan fingerprint density at radius 3 is 2.06 bits per heavy atom. The molecule has 2 radical (unpaired) electrons. The first kappa shape index (κ1) is 26.9. The van der Waals surface area contributed by atoms with Crippen molar-refractivity contribution in [3.05, 3.63) is 108 Å². The monoisotopic (exact) mass is 552 g/mol. The summed E-state index contributed by atoms with van der Waals surface area (Å²) >= 11 is -0.826. The van der Waals surface area contributed by atoms with E-state index in [0.717, 1.165) is 9.52 Å². The molecule has 0 fully saturated rings. The van der Waals surface area contributed by atoms with E-state index >= 15 is 0 Å². The van der Waals surface area contributed by atoms with Crippen molar-refractivity contribution in [2.75, 3.05) is 0 Å². The fourth-order valence-corrected chi connectivity index (χ4v) is 3.64. The largest absolute Gasteiger partial charge is 0.145 e. The zero-order valence-electron chi connectivity index (χ0n) is 19.0. The summed E-state index contributed by atoms with van der Waals surface area (Å²) in [6, 6.07) is 32.0. The van der Waals surface area contributed by atoms with Crippen molar-refractivity contribution in [1.29, 1.82) is 0 Å². The fraction of sp³-hybridized carbons (Fsp3) is 0.179. The molecule has 0 N–H and O–H groups in total. The van der Waals surface area contributed by atoms with E-state index in [-0.39, 0.29) is 0 Å². The van der Waals surface area contributed by atoms with Crippen molar-refractivity contribution in [2.45, 2.75) is 32.9 Å². The number of allylic oxidation sites excluding steroid dienone is 2. The topological polar surface area (TPSA) is 0 Å². The molecule has 0 amide bonds. The maximum absolute atomic E-state index is 4.93. The quantitative estimate of drug-likeness (QED) is 0.162. The summed E-state index contributed by atoms with van der Waals surface area (Å²) in [6.45, 7) is 8.62. The number of halogens is 2. The first-order valence-electron chi connectivity index (χ1n) is 10.5. The summed E-state index contributed by atoms with van der Waals surface area (Å²) in [5.74, 6) is 0.492. The molecule has 5 rings (SSSR count). The van der Waals surface area contributed by atoms with E-state index in [9.17, 15) is 0 Å². The van der Waals surface area contributed by atoms with Crippen LogP contribution in [0.4, 0.5) is 0 Å². The van der Waals surface area contributed by atoms with E-state index in [1.54, 1.807) is 0 Å². The smallest absolute Gasteiger partial charge is 0.0635 e. The predicted molar refractivity (Wildman–Crippen MR) is 141 cm³/mol. The molecule has 4 aromatic rings. The molecule has 32 heavy (non-hydrogen) atoms. The van der Waals surface area contributed by atoms with Crippen LogP contribution in [-0.2, 0) is 20.8 Å². The van der Waals surface area contributed by atoms with E-state index in [1.807, 2.05) is 6.07 Å². The van der Waals surface area contributed by atoms with Crippen LogP contribution in [0.3, 0.4) is 0 Å². The molecule has 0 aliphatic heterocycles. The van der Waals surface area contributed by atoms with Gasteiger partial charge in [-0.25, -0.2) is 5.57 Å². The molecule has 0 saturated heterocycles. The Morgan fingerprint density at radius 1 is 0.875 bits per heavy atom. The molecule has 1 aliphatic carbocycles. The van der Waals surface area contributed by atoms with Crippen LogP contribution < -0.4 is 0 Å². The van der Waals surface area contributed by atoms with Crippen LogP contribution in [0.25, 0.3) is 27.5 Å². The van der Waals surface area contributed by atoms with Crippen LogP contribution in [0.1, 0.15) is 30.9 Å². The van der Waals surface area contributed by atoms with Gasteiger partial charge in [0.05, 0.1) is 0 Å². The maximum atomic E-state index is 4.93. The molecule has 1 unspecified atom stereocenters. The average Bonchev–Trinajstić information content (AvgIpc) is 3.37. The Balaban J connectivity index is 0.000000188. The molecule has 162 valence electrons. The average molecular weight is 555 g/mol. The third kappa shape index (κ3) is 7.92. The summed E-state index contributed by atoms with van der Waals surface area (Å²) < 4.78 is 0. The van der Waals surface area contributed by atoms with Crippen LogP contribution in [0.15, 0.2) is 91.0 Å². The van der Waals surface area contributed by atoms with Gasteiger partial charge in [-0.3, -0.25) is 6.08 Å². The Labute approximate surface area is 214 Å². The van der Waals surface area contributed by atoms with Crippen LogP contribution >= 0.6 is 17.0 Å². The minimum Gasteiger partial charge on any atom is -0.145 e. The zero-order valence-corrected chi connectivity index (χ0v) is 24.0. The van der Waals surface area contributed by atoms with Gasteiger partial charge in [-0.15, -0.1) is 46.2 Å². The van der Waals surface area contributed by atoms with Crippen LogP contribution in [-0.4, -0.2) is 9.52 Å². The summed E-state index contributed by atoms with van der Waals surface area (Å²) in [6.07, 6.45) is 3.40. The van der Waals surface area contributed by atoms with Crippen molar-refractivity contribution in [3.63, 3.8) is 0 Å². The third-order valence-corrected chi connectivity index (χ3v) is 4.99. The SMILES string of the molecule is CC1=[C-]C(C)c2ccccc21.C[Si]C.[Cl][Zr+2][Cl].c1ccc(-c2cc3ccccc3[cH-]2)cc1. The molecule has 0 saturated carbocycles. The zero-order chi connectivity index (χ0) is 23.3. The molecular formula is C28H28Cl2SiZr. The van der Waals surface area contributed by atoms with Crippen molar-refractivity contribution in [3.8, 4) is 11.1 Å². The molecule has 1 aliphatic rings. The molecular weight excluding hydrogens is 527 g/mol. The summed E-state index contributed by atoms with van der Waals surface area (Å²) in [4.78, 5) is 0. The number of fused-ring (bicyclic) bond motifs is 2. The van der Waals surface area contributed by atoms with Crippen LogP contribution in [0.5, 0.6) is 0 Å². The number of benzene rings is 3. The molecule has 4 aromatic carbocycles. The maximum Gasteiger partial charge on any atom is -0.0635 e. The van der Waals surface area contributed by atoms with Crippen molar-refractivity contribution >= 4 is 42.9 Å². The first-order valence-corrected chi connectivity index (χ1v) is 18.8. The van der Waals surface area contributed by atoms with Gasteiger partial charge in [0.2, 0.25) is 0 Å². The fourth-order valence-electron chi connectivity index (χ4n) is 3.64. The van der Waals surface area contributed by atoms with Crippen molar-refractivity contribution in [2.24, 2.45) is 0 Å². The van der Waals surface area contributed by atoms with E-state index in [4.69, 9.17) is 17.0 Å². The number of hydrogen-bond donors (Lipinski definition) is 0. The molecule has 0 nitrogen and oxygen atoms in total. The minimum absolute atomic E-state index is 0.492. The number of hydrogen-bond acceptors (Lipinski definition) is 0. The second kappa shape index (κ2) is 14.8. The normalized spacial score (nSPS) is 13.2. The van der Waals surface area contributed by atoms with Gasteiger partial charge in [0.1, 0.15) is 0 Å². The van der Waals surface area contributed by atoms with Crippen LogP contribution in [0, 0.1) is 6.08 Å². The van der Waals surface area contributed by atoms with Crippen molar-refractivity contribution < 1.29 is 20.8 Å². The van der Waals surface area contributed by atoms with Gasteiger partial charge < -0.3 is 0 Å². The third-order valence-electron chi connectivity index (χ3n) is 4.99. The van der Waals surface area contributed by atoms with Crippen LogP contribution in [0.2, 0.25) is 13.1 Å². The Bertz CT molecular complexity index is 1070. The molecule has 0 heterocycles.